The Balaban J connectivity index is 2.44. The number of imidazole rings is 1. The molecule has 0 spiro atoms. The number of aryl methyl sites for hydroxylation is 3. The minimum atomic E-state index is 0.815. The van der Waals surface area contributed by atoms with Crippen molar-refractivity contribution >= 4 is 0 Å². The number of hydrogen-bond donors (Lipinski definition) is 0. The quantitative estimate of drug-likeness (QED) is 0.810. The monoisotopic (exact) mass is 230 g/mol. The molecule has 0 saturated carbocycles. The maximum absolute atomic E-state index is 4.48. The summed E-state index contributed by atoms with van der Waals surface area (Å²) in [5, 5.41) is 0. The summed E-state index contributed by atoms with van der Waals surface area (Å²) in [6, 6.07) is 2.04. The van der Waals surface area contributed by atoms with E-state index in [2.05, 4.69) is 33.4 Å². The van der Waals surface area contributed by atoms with E-state index in [0.717, 1.165) is 42.4 Å². The molecule has 0 aliphatic rings. The van der Waals surface area contributed by atoms with Gasteiger partial charge in [0, 0.05) is 30.6 Å². The molecule has 2 rings (SSSR count). The first-order valence-electron chi connectivity index (χ1n) is 6.11. The summed E-state index contributed by atoms with van der Waals surface area (Å²) < 4.78 is 2.05. The Morgan fingerprint density at radius 3 is 2.76 bits per heavy atom. The molecule has 0 aliphatic heterocycles. The zero-order valence-corrected chi connectivity index (χ0v) is 10.6. The first-order valence-corrected chi connectivity index (χ1v) is 6.11. The second-order valence-electron chi connectivity index (χ2n) is 4.08. The Bertz CT molecular complexity index is 502. The minimum absolute atomic E-state index is 0.815. The van der Waals surface area contributed by atoms with Crippen molar-refractivity contribution < 1.29 is 0 Å². The number of nitrogens with zero attached hydrogens (tertiary/aromatic N) is 4. The van der Waals surface area contributed by atoms with Gasteiger partial charge >= 0.3 is 0 Å². The van der Waals surface area contributed by atoms with Gasteiger partial charge in [-0.1, -0.05) is 13.8 Å². The fraction of sp³-hybridized carbons (Fsp3) is 0.462. The van der Waals surface area contributed by atoms with E-state index in [0.29, 0.717) is 0 Å². The predicted molar refractivity (Wildman–Crippen MR) is 67.3 cm³/mol. The molecule has 17 heavy (non-hydrogen) atoms. The summed E-state index contributed by atoms with van der Waals surface area (Å²) in [6.45, 7) is 6.19. The van der Waals surface area contributed by atoms with Crippen molar-refractivity contribution in [2.45, 2.75) is 40.0 Å². The smallest absolute Gasteiger partial charge is 0.142 e. The second kappa shape index (κ2) is 5.08. The molecule has 90 valence electrons. The van der Waals surface area contributed by atoms with Gasteiger partial charge < -0.3 is 0 Å². The fourth-order valence-corrected chi connectivity index (χ4v) is 1.87. The van der Waals surface area contributed by atoms with Crippen molar-refractivity contribution in [3.05, 3.63) is 35.8 Å². The highest BCUT2D eigenvalue weighted by Crippen LogP contribution is 2.11. The molecule has 2 heterocycles. The van der Waals surface area contributed by atoms with Gasteiger partial charge in [0.15, 0.2) is 0 Å². The summed E-state index contributed by atoms with van der Waals surface area (Å²) in [4.78, 5) is 13.2. The van der Waals surface area contributed by atoms with Crippen LogP contribution in [-0.4, -0.2) is 19.5 Å². The first kappa shape index (κ1) is 11.8. The lowest BCUT2D eigenvalue weighted by atomic mass is 10.3. The van der Waals surface area contributed by atoms with E-state index in [1.807, 2.05) is 25.4 Å². The van der Waals surface area contributed by atoms with Crippen LogP contribution in [0, 0.1) is 6.92 Å². The van der Waals surface area contributed by atoms with E-state index < -0.39 is 0 Å². The Labute approximate surface area is 102 Å². The number of aromatic nitrogens is 4. The van der Waals surface area contributed by atoms with Gasteiger partial charge in [0.2, 0.25) is 0 Å². The molecule has 0 radical (unpaired) electrons. The maximum Gasteiger partial charge on any atom is 0.142 e. The first-order chi connectivity index (χ1) is 8.24. The predicted octanol–water partition coefficient (Wildman–Crippen LogP) is 2.49. The molecule has 0 N–H and O–H groups in total. The van der Waals surface area contributed by atoms with E-state index >= 15 is 0 Å². The average molecular weight is 230 g/mol. The van der Waals surface area contributed by atoms with E-state index in [9.17, 15) is 0 Å². The van der Waals surface area contributed by atoms with Crippen LogP contribution < -0.4 is 0 Å². The maximum atomic E-state index is 4.48. The molecule has 0 aliphatic carbocycles. The lowest BCUT2D eigenvalue weighted by molar-refractivity contribution is 0.787. The lowest BCUT2D eigenvalue weighted by Gasteiger charge is -2.08. The van der Waals surface area contributed by atoms with Crippen LogP contribution in [0.2, 0.25) is 0 Å². The van der Waals surface area contributed by atoms with Crippen LogP contribution in [0.15, 0.2) is 18.5 Å². The van der Waals surface area contributed by atoms with E-state index in [1.54, 1.807) is 0 Å². The van der Waals surface area contributed by atoms with Gasteiger partial charge in [-0.2, -0.15) is 0 Å². The van der Waals surface area contributed by atoms with Crippen molar-refractivity contribution in [3.63, 3.8) is 0 Å². The SMILES string of the molecule is CCCc1nccn1-c1cc(CC)nc(C)n1. The van der Waals surface area contributed by atoms with E-state index in [-0.39, 0.29) is 0 Å². The molecular formula is C13H18N4. The topological polar surface area (TPSA) is 43.6 Å². The molecule has 0 bridgehead atoms. The van der Waals surface area contributed by atoms with Crippen molar-refractivity contribution in [2.24, 2.45) is 0 Å². The van der Waals surface area contributed by atoms with Crippen LogP contribution in [0.3, 0.4) is 0 Å². The molecule has 2 aromatic heterocycles. The third kappa shape index (κ3) is 2.52. The van der Waals surface area contributed by atoms with Crippen LogP contribution in [0.4, 0.5) is 0 Å². The van der Waals surface area contributed by atoms with Crippen LogP contribution in [0.25, 0.3) is 5.82 Å². The van der Waals surface area contributed by atoms with Gasteiger partial charge in [-0.3, -0.25) is 4.57 Å². The summed E-state index contributed by atoms with van der Waals surface area (Å²) >= 11 is 0. The summed E-state index contributed by atoms with van der Waals surface area (Å²) in [7, 11) is 0. The molecule has 2 aromatic rings. The zero-order chi connectivity index (χ0) is 12.3. The third-order valence-corrected chi connectivity index (χ3v) is 2.68. The van der Waals surface area contributed by atoms with Crippen LogP contribution in [0.1, 0.15) is 37.6 Å². The molecule has 4 heteroatoms. The normalized spacial score (nSPS) is 10.8. The van der Waals surface area contributed by atoms with Gasteiger partial charge in [0.1, 0.15) is 17.5 Å². The second-order valence-corrected chi connectivity index (χ2v) is 4.08. The molecule has 0 atom stereocenters. The van der Waals surface area contributed by atoms with E-state index in [4.69, 9.17) is 0 Å². The molecule has 0 fully saturated rings. The largest absolute Gasteiger partial charge is 0.288 e. The fourth-order valence-electron chi connectivity index (χ4n) is 1.87. The summed E-state index contributed by atoms with van der Waals surface area (Å²) in [5.74, 6) is 2.80. The molecule has 0 amide bonds. The molecule has 0 saturated heterocycles. The highest BCUT2D eigenvalue weighted by molar-refractivity contribution is 5.27. The van der Waals surface area contributed by atoms with Crippen molar-refractivity contribution in [2.75, 3.05) is 0 Å². The summed E-state index contributed by atoms with van der Waals surface area (Å²) in [6.07, 6.45) is 6.77. The Morgan fingerprint density at radius 1 is 1.24 bits per heavy atom. The molecule has 0 unspecified atom stereocenters. The van der Waals surface area contributed by atoms with Crippen molar-refractivity contribution in [1.29, 1.82) is 0 Å². The lowest BCUT2D eigenvalue weighted by Crippen LogP contribution is -2.06. The van der Waals surface area contributed by atoms with E-state index in [1.165, 1.54) is 0 Å². The van der Waals surface area contributed by atoms with Crippen LogP contribution in [-0.2, 0) is 12.8 Å². The third-order valence-electron chi connectivity index (χ3n) is 2.68. The number of hydrogen-bond acceptors (Lipinski definition) is 3. The Hall–Kier alpha value is -1.71. The van der Waals surface area contributed by atoms with Crippen LogP contribution >= 0.6 is 0 Å². The summed E-state index contributed by atoms with van der Waals surface area (Å²) in [5.41, 5.74) is 1.07. The van der Waals surface area contributed by atoms with Gasteiger partial charge in [0.25, 0.3) is 0 Å². The molecule has 0 aromatic carbocycles. The van der Waals surface area contributed by atoms with Gasteiger partial charge in [-0.15, -0.1) is 0 Å². The van der Waals surface area contributed by atoms with Crippen molar-refractivity contribution in [3.8, 4) is 5.82 Å². The average Bonchev–Trinajstić information content (AvgIpc) is 2.77. The van der Waals surface area contributed by atoms with Crippen LogP contribution in [0.5, 0.6) is 0 Å². The highest BCUT2D eigenvalue weighted by atomic mass is 15.1. The zero-order valence-electron chi connectivity index (χ0n) is 10.6. The Kier molecular flexibility index (Phi) is 3.52. The number of rotatable bonds is 4. The molecule has 4 nitrogen and oxygen atoms in total. The highest BCUT2D eigenvalue weighted by Gasteiger charge is 2.07. The molecular weight excluding hydrogens is 212 g/mol. The van der Waals surface area contributed by atoms with Crippen molar-refractivity contribution in [1.82, 2.24) is 19.5 Å². The standard InChI is InChI=1S/C13H18N4/c1-4-6-12-14-7-8-17(12)13-9-11(5-2)15-10(3)16-13/h7-9H,4-6H2,1-3H3. The van der Waals surface area contributed by atoms with Gasteiger partial charge in [0.05, 0.1) is 0 Å². The Morgan fingerprint density at radius 2 is 2.06 bits per heavy atom. The minimum Gasteiger partial charge on any atom is -0.288 e. The van der Waals surface area contributed by atoms with Gasteiger partial charge in [-0.05, 0) is 19.8 Å². The van der Waals surface area contributed by atoms with Gasteiger partial charge in [-0.25, -0.2) is 15.0 Å².